The molecular formula is C46H47Cl5F2N2O5. The summed E-state index contributed by atoms with van der Waals surface area (Å²) in [7, 11) is 0. The molecule has 0 aliphatic heterocycles. The fourth-order valence-electron chi connectivity index (χ4n) is 9.62. The van der Waals surface area contributed by atoms with Crippen LogP contribution in [-0.4, -0.2) is 39.6 Å². The fraction of sp³-hybridized carbons (Fsp3) is 0.391. The highest BCUT2D eigenvalue weighted by Crippen LogP contribution is 2.79. The highest BCUT2D eigenvalue weighted by molar-refractivity contribution is 6.42. The molecule has 0 saturated heterocycles. The summed E-state index contributed by atoms with van der Waals surface area (Å²) in [5, 5.41) is 13.2. The Morgan fingerprint density at radius 3 is 1.30 bits per heavy atom. The van der Waals surface area contributed by atoms with Gasteiger partial charge in [0.15, 0.2) is 11.6 Å². The second-order valence-corrected chi connectivity index (χ2v) is 19.8. The minimum absolute atomic E-state index is 0. The third kappa shape index (κ3) is 9.57. The van der Waals surface area contributed by atoms with Gasteiger partial charge >= 0.3 is 5.97 Å². The molecule has 4 bridgehead atoms. The van der Waals surface area contributed by atoms with E-state index in [1.165, 1.54) is 36.4 Å². The number of aromatic carboxylic acids is 1. The van der Waals surface area contributed by atoms with E-state index < -0.39 is 17.3 Å². The summed E-state index contributed by atoms with van der Waals surface area (Å²) in [6, 6.07) is 20.3. The third-order valence-electron chi connectivity index (χ3n) is 13.2. The van der Waals surface area contributed by atoms with Crippen LogP contribution in [0.1, 0.15) is 120 Å². The Kier molecular flexibility index (Phi) is 13.7. The van der Waals surface area contributed by atoms with E-state index in [4.69, 9.17) is 57.2 Å². The van der Waals surface area contributed by atoms with E-state index in [-0.39, 0.29) is 68.5 Å². The number of hydrogen-bond acceptors (Lipinski definition) is 5. The molecule has 6 fully saturated rings. The summed E-state index contributed by atoms with van der Waals surface area (Å²) >= 11 is 23.8. The summed E-state index contributed by atoms with van der Waals surface area (Å²) in [5.41, 5.74) is 7.95. The van der Waals surface area contributed by atoms with E-state index in [1.807, 2.05) is 13.8 Å². The number of hydrogen-bond donors (Lipinski definition) is 3. The molecular weight excluding hydrogens is 876 g/mol. The predicted molar refractivity (Wildman–Crippen MR) is 235 cm³/mol. The third-order valence-corrected chi connectivity index (χ3v) is 14.6. The molecule has 0 heterocycles. The summed E-state index contributed by atoms with van der Waals surface area (Å²) < 4.78 is 25.2. The molecule has 0 spiro atoms. The number of ketones is 2. The Morgan fingerprint density at radius 1 is 0.600 bits per heavy atom. The molecule has 0 radical (unpaired) electrons. The Balaban J connectivity index is 0.000000190. The first-order chi connectivity index (χ1) is 27.4. The number of rotatable bonds is 11. The average molecular weight is 923 g/mol. The molecule has 320 valence electrons. The van der Waals surface area contributed by atoms with Crippen molar-refractivity contribution in [2.75, 3.05) is 0 Å². The Hall–Kier alpha value is -3.57. The second-order valence-electron chi connectivity index (χ2n) is 18.2. The highest BCUT2D eigenvalue weighted by atomic mass is 35.5. The van der Waals surface area contributed by atoms with Gasteiger partial charge in [0.1, 0.15) is 11.6 Å². The number of benzene rings is 4. The van der Waals surface area contributed by atoms with Gasteiger partial charge in [-0.05, 0) is 173 Å². The molecule has 6 saturated carbocycles. The van der Waals surface area contributed by atoms with Crippen LogP contribution >= 0.6 is 58.8 Å². The number of Topliss-reactive ketones (excluding diaryl/α,β-unsaturated/α-hetero) is 2. The van der Waals surface area contributed by atoms with Crippen LogP contribution in [0.4, 0.5) is 8.78 Å². The number of amides is 1. The van der Waals surface area contributed by atoms with Gasteiger partial charge in [0.05, 0.1) is 25.7 Å². The molecule has 0 atom stereocenters. The van der Waals surface area contributed by atoms with Crippen LogP contribution in [0.3, 0.4) is 0 Å². The van der Waals surface area contributed by atoms with E-state index in [2.05, 4.69) is 19.2 Å². The zero-order valence-electron chi connectivity index (χ0n) is 33.6. The Morgan fingerprint density at radius 2 is 0.950 bits per heavy atom. The molecule has 60 heavy (non-hydrogen) atoms. The molecule has 14 heteroatoms. The number of carbonyl (C=O) groups is 4. The molecule has 6 aliphatic rings. The predicted octanol–water partition coefficient (Wildman–Crippen LogP) is 12.5. The van der Waals surface area contributed by atoms with Crippen LogP contribution in [0.2, 0.25) is 20.1 Å². The summed E-state index contributed by atoms with van der Waals surface area (Å²) in [5.74, 6) is -1.81. The number of carboxylic acid groups (broad SMARTS) is 1. The number of halogens is 7. The SMILES string of the molecule is CC(C)(N)C12CC(CC(=O)c3ccc(Cl)c(Cl)c3)(C1)C2.CC(C)(NC(=O)c1ccc(F)cc1)C12CC(CC(=O)c3ccc(Cl)c(Cl)c3)(C1)C2.Cl.O=C(O)c1ccc(F)cc1. The maximum atomic E-state index is 13.1. The normalized spacial score (nSPS) is 24.1. The van der Waals surface area contributed by atoms with Gasteiger partial charge in [0.25, 0.3) is 5.91 Å². The van der Waals surface area contributed by atoms with Crippen LogP contribution in [-0.2, 0) is 0 Å². The second kappa shape index (κ2) is 17.3. The highest BCUT2D eigenvalue weighted by Gasteiger charge is 2.73. The quantitative estimate of drug-likeness (QED) is 0.129. The van der Waals surface area contributed by atoms with Gasteiger partial charge in [-0.1, -0.05) is 46.4 Å². The van der Waals surface area contributed by atoms with E-state index in [9.17, 15) is 28.0 Å². The lowest BCUT2D eigenvalue weighted by molar-refractivity contribution is -0.238. The lowest BCUT2D eigenvalue weighted by Crippen LogP contribution is -2.74. The van der Waals surface area contributed by atoms with Crippen LogP contribution < -0.4 is 11.1 Å². The van der Waals surface area contributed by atoms with Crippen LogP contribution in [0.5, 0.6) is 0 Å². The standard InChI is InChI=1S/C23H22Cl2FNO2.C16H19Cl2NO.C7H5FO2.ClH/c1-21(2,27-20(29)14-3-6-16(26)7-4-14)23-11-22(12-23,13-23)10-19(28)15-5-8-17(24)18(25)9-15;1-14(2,19)16-7-15(8-16,9-16)6-13(20)10-3-4-11(17)12(18)5-10;8-6-3-1-5(2-4-6)7(9)10;/h3-9H,10-13H2,1-2H3,(H,27,29);3-5H,6-9,19H2,1-2H3;1-4H,(H,9,10);1H. The molecule has 7 nitrogen and oxygen atoms in total. The maximum Gasteiger partial charge on any atom is 0.335 e. The smallest absolute Gasteiger partial charge is 0.335 e. The van der Waals surface area contributed by atoms with E-state index in [0.717, 1.165) is 50.7 Å². The van der Waals surface area contributed by atoms with Gasteiger partial charge < -0.3 is 16.2 Å². The van der Waals surface area contributed by atoms with Crippen LogP contribution in [0.15, 0.2) is 84.9 Å². The monoisotopic (exact) mass is 920 g/mol. The first kappa shape index (κ1) is 47.5. The minimum Gasteiger partial charge on any atom is -0.478 e. The molecule has 6 aliphatic carbocycles. The zero-order chi connectivity index (χ0) is 43.3. The lowest BCUT2D eigenvalue weighted by Gasteiger charge is -2.76. The van der Waals surface area contributed by atoms with E-state index in [1.54, 1.807) is 36.4 Å². The Labute approximate surface area is 375 Å². The largest absolute Gasteiger partial charge is 0.478 e. The summed E-state index contributed by atoms with van der Waals surface area (Å²) in [6.45, 7) is 8.24. The van der Waals surface area contributed by atoms with Crippen molar-refractivity contribution in [1.82, 2.24) is 5.32 Å². The summed E-state index contributed by atoms with van der Waals surface area (Å²) in [4.78, 5) is 47.8. The molecule has 4 N–H and O–H groups in total. The van der Waals surface area contributed by atoms with Crippen molar-refractivity contribution in [3.8, 4) is 0 Å². The van der Waals surface area contributed by atoms with E-state index in [0.29, 0.717) is 49.6 Å². The molecule has 10 rings (SSSR count). The van der Waals surface area contributed by atoms with Gasteiger partial charge in [-0.2, -0.15) is 0 Å². The molecule has 4 aromatic carbocycles. The van der Waals surface area contributed by atoms with Gasteiger partial charge in [-0.3, -0.25) is 14.4 Å². The molecule has 4 aromatic rings. The minimum atomic E-state index is -1.04. The zero-order valence-corrected chi connectivity index (χ0v) is 37.4. The number of carbonyl (C=O) groups excluding carboxylic acids is 3. The van der Waals surface area contributed by atoms with Gasteiger partial charge in [0.2, 0.25) is 0 Å². The van der Waals surface area contributed by atoms with Crippen molar-refractivity contribution in [3.05, 3.63) is 139 Å². The fourth-order valence-corrected chi connectivity index (χ4v) is 10.2. The van der Waals surface area contributed by atoms with Crippen molar-refractivity contribution in [1.29, 1.82) is 0 Å². The summed E-state index contributed by atoms with van der Waals surface area (Å²) in [6.07, 6.45) is 7.04. The molecule has 0 unspecified atom stereocenters. The van der Waals surface area contributed by atoms with Crippen molar-refractivity contribution >= 4 is 82.3 Å². The van der Waals surface area contributed by atoms with Crippen molar-refractivity contribution in [2.45, 2.75) is 90.1 Å². The number of nitrogens with one attached hydrogen (secondary N) is 1. The van der Waals surface area contributed by atoms with Crippen molar-refractivity contribution < 1.29 is 33.1 Å². The van der Waals surface area contributed by atoms with Gasteiger partial charge in [-0.25, -0.2) is 13.6 Å². The number of carboxylic acids is 1. The van der Waals surface area contributed by atoms with E-state index >= 15 is 0 Å². The number of nitrogens with two attached hydrogens (primary N) is 1. The van der Waals surface area contributed by atoms with Gasteiger partial charge in [0, 0.05) is 40.6 Å². The first-order valence-corrected chi connectivity index (χ1v) is 20.8. The topological polar surface area (TPSA) is 127 Å². The maximum absolute atomic E-state index is 13.1. The Bertz CT molecular complexity index is 2270. The molecule has 0 aromatic heterocycles. The first-order valence-electron chi connectivity index (χ1n) is 19.2. The van der Waals surface area contributed by atoms with Crippen molar-refractivity contribution in [3.63, 3.8) is 0 Å². The average Bonchev–Trinajstić information content (AvgIpc) is 3.09. The van der Waals surface area contributed by atoms with Gasteiger partial charge in [-0.15, -0.1) is 12.4 Å². The van der Waals surface area contributed by atoms with Crippen LogP contribution in [0.25, 0.3) is 0 Å². The molecule has 1 amide bonds. The van der Waals surface area contributed by atoms with Crippen molar-refractivity contribution in [2.24, 2.45) is 27.4 Å². The lowest BCUT2D eigenvalue weighted by atomic mass is 9.30. The van der Waals surface area contributed by atoms with Crippen LogP contribution in [0, 0.1) is 33.3 Å².